The van der Waals surface area contributed by atoms with Gasteiger partial charge in [0.05, 0.1) is 7.11 Å². The first-order valence-electron chi connectivity index (χ1n) is 4.81. The van der Waals surface area contributed by atoms with Crippen LogP contribution in [0.25, 0.3) is 0 Å². The number of rotatable bonds is 2. The van der Waals surface area contributed by atoms with E-state index in [2.05, 4.69) is 37.0 Å². The Balaban J connectivity index is 2.38. The molecule has 14 heavy (non-hydrogen) atoms. The molecule has 0 aromatic heterocycles. The lowest BCUT2D eigenvalue weighted by Crippen LogP contribution is -2.10. The van der Waals surface area contributed by atoms with Crippen LogP contribution in [0.1, 0.15) is 6.42 Å². The monoisotopic (exact) mass is 186 g/mol. The highest BCUT2D eigenvalue weighted by atomic mass is 16.5. The highest BCUT2D eigenvalue weighted by Gasteiger charge is 2.19. The lowest BCUT2D eigenvalue weighted by molar-refractivity contribution is 0.298. The Morgan fingerprint density at radius 1 is 1.50 bits per heavy atom. The van der Waals surface area contributed by atoms with Gasteiger partial charge >= 0.3 is 0 Å². The van der Waals surface area contributed by atoms with E-state index < -0.39 is 0 Å². The van der Waals surface area contributed by atoms with Gasteiger partial charge in [-0.1, -0.05) is 37.0 Å². The molecule has 0 saturated carbocycles. The fourth-order valence-electron chi connectivity index (χ4n) is 1.90. The molecule has 2 aliphatic rings. The van der Waals surface area contributed by atoms with Crippen molar-refractivity contribution in [3.8, 4) is 0 Å². The summed E-state index contributed by atoms with van der Waals surface area (Å²) >= 11 is 0. The quantitative estimate of drug-likeness (QED) is 0.643. The summed E-state index contributed by atoms with van der Waals surface area (Å²) in [6.45, 7) is 3.81. The maximum atomic E-state index is 5.32. The fourth-order valence-corrected chi connectivity index (χ4v) is 1.90. The van der Waals surface area contributed by atoms with E-state index in [9.17, 15) is 0 Å². The molecule has 0 aliphatic heterocycles. The zero-order valence-corrected chi connectivity index (χ0v) is 8.36. The largest absolute Gasteiger partial charge is 0.496 e. The Kier molecular flexibility index (Phi) is 2.40. The molecule has 2 aliphatic carbocycles. The third-order valence-corrected chi connectivity index (χ3v) is 2.69. The van der Waals surface area contributed by atoms with Gasteiger partial charge in [0.2, 0.25) is 0 Å². The molecule has 0 N–H and O–H groups in total. The van der Waals surface area contributed by atoms with Gasteiger partial charge in [-0.15, -0.1) is 0 Å². The molecule has 72 valence electrons. The average Bonchev–Trinajstić information content (AvgIpc) is 2.27. The molecule has 0 fully saturated rings. The molecule has 1 nitrogen and oxygen atoms in total. The average molecular weight is 186 g/mol. The Hall–Kier alpha value is -1.50. The summed E-state index contributed by atoms with van der Waals surface area (Å²) in [4.78, 5) is 0. The topological polar surface area (TPSA) is 9.23 Å². The van der Waals surface area contributed by atoms with Gasteiger partial charge in [0.25, 0.3) is 0 Å². The van der Waals surface area contributed by atoms with E-state index in [1.807, 2.05) is 6.08 Å². The van der Waals surface area contributed by atoms with Gasteiger partial charge in [-0.05, 0) is 23.6 Å². The first kappa shape index (κ1) is 9.07. The van der Waals surface area contributed by atoms with Crippen molar-refractivity contribution in [1.29, 1.82) is 0 Å². The molecule has 1 unspecified atom stereocenters. The maximum absolute atomic E-state index is 5.32. The highest BCUT2D eigenvalue weighted by molar-refractivity contribution is 5.45. The Bertz CT molecular complexity index is 367. The van der Waals surface area contributed by atoms with Crippen molar-refractivity contribution in [2.75, 3.05) is 7.11 Å². The van der Waals surface area contributed by atoms with Crippen molar-refractivity contribution in [3.63, 3.8) is 0 Å². The highest BCUT2D eigenvalue weighted by Crippen LogP contribution is 2.33. The second kappa shape index (κ2) is 3.70. The van der Waals surface area contributed by atoms with E-state index in [1.54, 1.807) is 7.11 Å². The number of fused-ring (bicyclic) bond motifs is 1. The van der Waals surface area contributed by atoms with Crippen LogP contribution in [0.15, 0.2) is 59.9 Å². The van der Waals surface area contributed by atoms with Crippen molar-refractivity contribution >= 4 is 0 Å². The van der Waals surface area contributed by atoms with E-state index in [4.69, 9.17) is 4.74 Å². The van der Waals surface area contributed by atoms with Gasteiger partial charge in [-0.25, -0.2) is 0 Å². The van der Waals surface area contributed by atoms with Gasteiger partial charge in [0.15, 0.2) is 0 Å². The maximum Gasteiger partial charge on any atom is 0.122 e. The summed E-state index contributed by atoms with van der Waals surface area (Å²) in [6, 6.07) is 0. The van der Waals surface area contributed by atoms with Crippen LogP contribution in [-0.4, -0.2) is 7.11 Å². The van der Waals surface area contributed by atoms with Crippen LogP contribution in [0.4, 0.5) is 0 Å². The predicted molar refractivity (Wildman–Crippen MR) is 58.7 cm³/mol. The van der Waals surface area contributed by atoms with E-state index in [-0.39, 0.29) is 0 Å². The molecule has 0 radical (unpaired) electrons. The van der Waals surface area contributed by atoms with Crippen molar-refractivity contribution in [2.45, 2.75) is 6.42 Å². The molecular weight excluding hydrogens is 172 g/mol. The second-order valence-electron chi connectivity index (χ2n) is 3.50. The summed E-state index contributed by atoms with van der Waals surface area (Å²) in [5.74, 6) is 1.46. The first-order valence-corrected chi connectivity index (χ1v) is 4.81. The number of methoxy groups -OCH3 is 1. The van der Waals surface area contributed by atoms with Crippen LogP contribution >= 0.6 is 0 Å². The summed E-state index contributed by atoms with van der Waals surface area (Å²) in [5.41, 5.74) is 2.52. The summed E-state index contributed by atoms with van der Waals surface area (Å²) in [7, 11) is 1.71. The second-order valence-corrected chi connectivity index (χ2v) is 3.50. The van der Waals surface area contributed by atoms with Gasteiger partial charge in [0, 0.05) is 5.92 Å². The van der Waals surface area contributed by atoms with Crippen LogP contribution in [0.3, 0.4) is 0 Å². The molecule has 0 amide bonds. The standard InChI is InChI=1S/C13H14O/c1-3-10-8-11-6-4-5-7-12(11)9-13(10)14-2/h3-7,9,11H,1,8H2,2H3. The number of allylic oxidation sites excluding steroid dienone is 8. The van der Waals surface area contributed by atoms with Crippen LogP contribution in [0, 0.1) is 5.92 Å². The fraction of sp³-hybridized carbons (Fsp3) is 0.231. The van der Waals surface area contributed by atoms with Gasteiger partial charge in [-0.3, -0.25) is 0 Å². The molecular formula is C13H14O. The van der Waals surface area contributed by atoms with Crippen molar-refractivity contribution in [2.24, 2.45) is 5.92 Å². The smallest absolute Gasteiger partial charge is 0.122 e. The third-order valence-electron chi connectivity index (χ3n) is 2.69. The normalized spacial score (nSPS) is 24.4. The SMILES string of the molecule is C=CC1=C(OC)C=C2C=CC=CC2C1. The van der Waals surface area contributed by atoms with E-state index >= 15 is 0 Å². The van der Waals surface area contributed by atoms with Crippen molar-refractivity contribution in [3.05, 3.63) is 59.9 Å². The van der Waals surface area contributed by atoms with Gasteiger partial charge < -0.3 is 4.74 Å². The molecule has 0 aromatic rings. The Morgan fingerprint density at radius 2 is 2.36 bits per heavy atom. The Morgan fingerprint density at radius 3 is 3.07 bits per heavy atom. The van der Waals surface area contributed by atoms with Crippen LogP contribution in [-0.2, 0) is 4.74 Å². The molecule has 1 heteroatoms. The molecule has 0 spiro atoms. The Labute approximate surface area is 84.8 Å². The van der Waals surface area contributed by atoms with Crippen LogP contribution in [0.5, 0.6) is 0 Å². The molecule has 0 aromatic carbocycles. The molecule has 0 heterocycles. The predicted octanol–water partition coefficient (Wildman–Crippen LogP) is 3.15. The minimum absolute atomic E-state index is 0.506. The zero-order valence-electron chi connectivity index (χ0n) is 8.36. The lowest BCUT2D eigenvalue weighted by atomic mass is 9.84. The number of hydrogen-bond acceptors (Lipinski definition) is 1. The molecule has 0 bridgehead atoms. The van der Waals surface area contributed by atoms with E-state index in [0.717, 1.165) is 12.2 Å². The van der Waals surface area contributed by atoms with Crippen LogP contribution in [0.2, 0.25) is 0 Å². The van der Waals surface area contributed by atoms with Crippen LogP contribution < -0.4 is 0 Å². The third kappa shape index (κ3) is 1.46. The zero-order chi connectivity index (χ0) is 9.97. The van der Waals surface area contributed by atoms with Gasteiger partial charge in [-0.2, -0.15) is 0 Å². The van der Waals surface area contributed by atoms with Crippen molar-refractivity contribution in [1.82, 2.24) is 0 Å². The number of ether oxygens (including phenoxy) is 1. The van der Waals surface area contributed by atoms with E-state index in [0.29, 0.717) is 5.92 Å². The summed E-state index contributed by atoms with van der Waals surface area (Å²) in [6.07, 6.45) is 13.5. The first-order chi connectivity index (χ1) is 6.85. The molecule has 0 saturated heterocycles. The van der Waals surface area contributed by atoms with Crippen molar-refractivity contribution < 1.29 is 4.74 Å². The minimum atomic E-state index is 0.506. The minimum Gasteiger partial charge on any atom is -0.496 e. The lowest BCUT2D eigenvalue weighted by Gasteiger charge is -2.23. The number of hydrogen-bond donors (Lipinski definition) is 0. The molecule has 2 rings (SSSR count). The summed E-state index contributed by atoms with van der Waals surface area (Å²) < 4.78 is 5.32. The summed E-state index contributed by atoms with van der Waals surface area (Å²) in [5, 5.41) is 0. The molecule has 1 atom stereocenters. The van der Waals surface area contributed by atoms with Gasteiger partial charge in [0.1, 0.15) is 5.76 Å². The van der Waals surface area contributed by atoms with E-state index in [1.165, 1.54) is 11.1 Å².